The molecule has 4 rings (SSSR count). The van der Waals surface area contributed by atoms with E-state index in [1.54, 1.807) is 0 Å². The van der Waals surface area contributed by atoms with Gasteiger partial charge in [0.25, 0.3) is 0 Å². The van der Waals surface area contributed by atoms with Gasteiger partial charge >= 0.3 is 134 Å². The van der Waals surface area contributed by atoms with E-state index in [9.17, 15) is 0 Å². The van der Waals surface area contributed by atoms with Crippen molar-refractivity contribution in [1.29, 1.82) is 0 Å². The molecule has 0 saturated carbocycles. The Morgan fingerprint density at radius 2 is 1.82 bits per heavy atom. The number of pyridine rings is 1. The van der Waals surface area contributed by atoms with Gasteiger partial charge in [-0.05, 0) is 0 Å². The van der Waals surface area contributed by atoms with Crippen LogP contribution in [-0.4, -0.2) is 19.5 Å². The Morgan fingerprint density at radius 1 is 0.955 bits per heavy atom. The van der Waals surface area contributed by atoms with Crippen molar-refractivity contribution in [3.8, 4) is 11.3 Å². The minimum absolute atomic E-state index is 0.157. The van der Waals surface area contributed by atoms with Gasteiger partial charge in [0.15, 0.2) is 0 Å². The molecule has 2 nitrogen and oxygen atoms in total. The van der Waals surface area contributed by atoms with Gasteiger partial charge in [0.2, 0.25) is 0 Å². The Balaban J connectivity index is 2.15. The first-order valence-electron chi connectivity index (χ1n) is 7.03. The number of hydrogen-bond donors (Lipinski definition) is 0. The molecule has 0 spiro atoms. The first kappa shape index (κ1) is 13.3. The summed E-state index contributed by atoms with van der Waals surface area (Å²) in [4.78, 5) is 8.28. The van der Waals surface area contributed by atoms with Crippen molar-refractivity contribution in [3.63, 3.8) is 0 Å². The molecule has 0 bridgehead atoms. The molecular weight excluding hydrogens is 335 g/mol. The Morgan fingerprint density at radius 3 is 2.59 bits per heavy atom. The van der Waals surface area contributed by atoms with E-state index in [2.05, 4.69) is 46.2 Å². The van der Waals surface area contributed by atoms with Crippen LogP contribution in [0, 0.1) is 13.5 Å². The number of benzene rings is 2. The van der Waals surface area contributed by atoms with Gasteiger partial charge < -0.3 is 0 Å². The van der Waals surface area contributed by atoms with E-state index in [4.69, 9.17) is 6.57 Å². The second kappa shape index (κ2) is 5.10. The molecule has 0 fully saturated rings. The predicted molar refractivity (Wildman–Crippen MR) is 92.6 cm³/mol. The third-order valence-electron chi connectivity index (χ3n) is 3.90. The standard InChI is InChI=1S/C19H12N2Se/c1-12-9-10-14-13-6-5-7-15(16-8-3-4-11-21-16)18(13)22-19(14)17(12)20-2/h3-11H,1H3. The summed E-state index contributed by atoms with van der Waals surface area (Å²) < 4.78 is 2.57. The zero-order valence-corrected chi connectivity index (χ0v) is 13.7. The second-order valence-corrected chi connectivity index (χ2v) is 7.36. The first-order valence-corrected chi connectivity index (χ1v) is 8.74. The predicted octanol–water partition coefficient (Wildman–Crippen LogP) is 4.97. The molecule has 22 heavy (non-hydrogen) atoms. The van der Waals surface area contributed by atoms with Gasteiger partial charge in [-0.3, -0.25) is 0 Å². The Labute approximate surface area is 134 Å². The molecular formula is C19H12N2Se. The van der Waals surface area contributed by atoms with E-state index in [0.29, 0.717) is 0 Å². The number of aryl methyl sites for hydroxylation is 1. The van der Waals surface area contributed by atoms with Crippen LogP contribution in [0.15, 0.2) is 54.7 Å². The molecule has 0 unspecified atom stereocenters. The average Bonchev–Trinajstić information content (AvgIpc) is 2.94. The molecule has 0 aliphatic rings. The molecule has 0 aliphatic heterocycles. The molecule has 3 heteroatoms. The van der Waals surface area contributed by atoms with Crippen LogP contribution in [0.25, 0.3) is 35.4 Å². The van der Waals surface area contributed by atoms with Gasteiger partial charge in [-0.2, -0.15) is 0 Å². The summed E-state index contributed by atoms with van der Waals surface area (Å²) in [6, 6.07) is 16.6. The zero-order chi connectivity index (χ0) is 15.1. The van der Waals surface area contributed by atoms with Crippen molar-refractivity contribution in [3.05, 3.63) is 71.7 Å². The Bertz CT molecular complexity index is 1040. The van der Waals surface area contributed by atoms with E-state index in [1.165, 1.54) is 24.9 Å². The molecule has 2 heterocycles. The monoisotopic (exact) mass is 348 g/mol. The maximum atomic E-state index is 7.50. The minimum atomic E-state index is 0.157. The van der Waals surface area contributed by atoms with Crippen molar-refractivity contribution >= 4 is 39.5 Å². The van der Waals surface area contributed by atoms with Crippen LogP contribution in [0.5, 0.6) is 0 Å². The van der Waals surface area contributed by atoms with E-state index < -0.39 is 0 Å². The van der Waals surface area contributed by atoms with Crippen LogP contribution in [0.4, 0.5) is 5.69 Å². The Kier molecular flexibility index (Phi) is 3.08. The summed E-state index contributed by atoms with van der Waals surface area (Å²) >= 11 is 0.157. The van der Waals surface area contributed by atoms with Gasteiger partial charge in [-0.15, -0.1) is 0 Å². The van der Waals surface area contributed by atoms with Gasteiger partial charge in [-0.25, -0.2) is 0 Å². The summed E-state index contributed by atoms with van der Waals surface area (Å²) in [6.45, 7) is 9.52. The molecule has 0 amide bonds. The van der Waals surface area contributed by atoms with E-state index in [-0.39, 0.29) is 14.5 Å². The molecule has 0 radical (unpaired) electrons. The number of hydrogen-bond acceptors (Lipinski definition) is 1. The fourth-order valence-electron chi connectivity index (χ4n) is 2.81. The number of rotatable bonds is 1. The summed E-state index contributed by atoms with van der Waals surface area (Å²) in [5, 5.41) is 2.49. The van der Waals surface area contributed by atoms with Gasteiger partial charge in [-0.1, -0.05) is 0 Å². The molecule has 2 aromatic heterocycles. The summed E-state index contributed by atoms with van der Waals surface area (Å²) in [5.41, 5.74) is 4.11. The maximum absolute atomic E-state index is 7.50. The summed E-state index contributed by atoms with van der Waals surface area (Å²) in [6.07, 6.45) is 1.83. The van der Waals surface area contributed by atoms with Crippen molar-refractivity contribution in [2.45, 2.75) is 6.92 Å². The van der Waals surface area contributed by atoms with E-state index in [0.717, 1.165) is 16.9 Å². The molecule has 104 valence electrons. The second-order valence-electron chi connectivity index (χ2n) is 5.22. The first-order chi connectivity index (χ1) is 10.8. The van der Waals surface area contributed by atoms with Crippen LogP contribution < -0.4 is 0 Å². The quantitative estimate of drug-likeness (QED) is 0.351. The van der Waals surface area contributed by atoms with E-state index >= 15 is 0 Å². The molecule has 0 aliphatic carbocycles. The zero-order valence-electron chi connectivity index (χ0n) is 12.0. The number of nitrogens with zero attached hydrogens (tertiary/aromatic N) is 2. The topological polar surface area (TPSA) is 17.2 Å². The summed E-state index contributed by atoms with van der Waals surface area (Å²) in [7, 11) is 0. The van der Waals surface area contributed by atoms with Crippen molar-refractivity contribution in [2.24, 2.45) is 0 Å². The fourth-order valence-corrected chi connectivity index (χ4v) is 5.67. The van der Waals surface area contributed by atoms with E-state index in [1.807, 2.05) is 25.3 Å². The molecule has 2 aromatic carbocycles. The Hall–Kier alpha value is -2.40. The molecule has 4 aromatic rings. The molecule has 0 saturated heterocycles. The van der Waals surface area contributed by atoms with Crippen LogP contribution in [-0.2, 0) is 0 Å². The van der Waals surface area contributed by atoms with Gasteiger partial charge in [0.1, 0.15) is 0 Å². The average molecular weight is 347 g/mol. The van der Waals surface area contributed by atoms with Crippen LogP contribution in [0.3, 0.4) is 0 Å². The van der Waals surface area contributed by atoms with Crippen LogP contribution >= 0.6 is 0 Å². The van der Waals surface area contributed by atoms with Crippen molar-refractivity contribution in [2.75, 3.05) is 0 Å². The summed E-state index contributed by atoms with van der Waals surface area (Å²) in [5.74, 6) is 0. The third kappa shape index (κ3) is 1.89. The third-order valence-corrected chi connectivity index (χ3v) is 6.54. The fraction of sp³-hybridized carbons (Fsp3) is 0.0526. The van der Waals surface area contributed by atoms with Crippen LogP contribution in [0.2, 0.25) is 0 Å². The number of fused-ring (bicyclic) bond motifs is 3. The molecule has 0 N–H and O–H groups in total. The van der Waals surface area contributed by atoms with Gasteiger partial charge in [0.05, 0.1) is 0 Å². The van der Waals surface area contributed by atoms with Crippen molar-refractivity contribution in [1.82, 2.24) is 4.98 Å². The van der Waals surface area contributed by atoms with Gasteiger partial charge in [0, 0.05) is 0 Å². The van der Waals surface area contributed by atoms with Crippen molar-refractivity contribution < 1.29 is 0 Å². The van der Waals surface area contributed by atoms with Crippen LogP contribution in [0.1, 0.15) is 5.56 Å². The molecule has 0 atom stereocenters. The number of aromatic nitrogens is 1. The normalized spacial score (nSPS) is 10.9. The SMILES string of the molecule is [C-]#[N+]c1c(C)ccc2c1[se]c1c(-c3ccccn3)cccc12.